The lowest BCUT2D eigenvalue weighted by Gasteiger charge is -2.71. The minimum absolute atomic E-state index is 0.0315. The van der Waals surface area contributed by atoms with Crippen LogP contribution in [0, 0.1) is 68.0 Å². The molecule has 23 atom stereocenters. The maximum atomic E-state index is 16.5. The van der Waals surface area contributed by atoms with E-state index in [0.29, 0.717) is 76.0 Å². The maximum absolute atomic E-state index is 16.5. The van der Waals surface area contributed by atoms with Crippen molar-refractivity contribution in [3.63, 3.8) is 0 Å². The molecule has 8 fully saturated rings. The zero-order valence-corrected chi connectivity index (χ0v) is 65.1. The minimum atomic E-state index is -1.29. The van der Waals surface area contributed by atoms with Crippen LogP contribution in [0.15, 0.2) is 103 Å². The highest BCUT2D eigenvalue weighted by molar-refractivity contribution is 5.79. The van der Waals surface area contributed by atoms with Gasteiger partial charge in [0.15, 0.2) is 18.4 Å². The van der Waals surface area contributed by atoms with Crippen LogP contribution in [0.2, 0.25) is 0 Å². The molecule has 0 bridgehead atoms. The third-order valence-corrected chi connectivity index (χ3v) is 27.1. The van der Waals surface area contributed by atoms with Crippen LogP contribution in [0.1, 0.15) is 217 Å². The van der Waals surface area contributed by atoms with Crippen molar-refractivity contribution in [2.45, 2.75) is 305 Å². The lowest BCUT2D eigenvalue weighted by Crippen LogP contribution is -2.66. The molecule has 2 amide bonds. The van der Waals surface area contributed by atoms with Crippen LogP contribution in [0.5, 0.6) is 0 Å². The normalized spacial score (nSPS) is 39.2. The molecule has 18 nitrogen and oxygen atoms in total. The van der Waals surface area contributed by atoms with Gasteiger partial charge in [-0.1, -0.05) is 171 Å². The van der Waals surface area contributed by atoms with Gasteiger partial charge in [-0.2, -0.15) is 0 Å². The van der Waals surface area contributed by atoms with E-state index in [1.165, 1.54) is 11.9 Å². The number of esters is 1. The highest BCUT2D eigenvalue weighted by Gasteiger charge is 2.70. The number of alkyl carbamates (subject to hydrolysis) is 1. The molecular weight excluding hydrogens is 1320 g/mol. The van der Waals surface area contributed by atoms with Crippen molar-refractivity contribution >= 4 is 24.3 Å². The third-order valence-electron chi connectivity index (χ3n) is 27.1. The summed E-state index contributed by atoms with van der Waals surface area (Å²) in [5.74, 6) is -1.20. The zero-order valence-electron chi connectivity index (χ0n) is 65.1. The van der Waals surface area contributed by atoms with Crippen molar-refractivity contribution < 1.29 is 76.0 Å². The van der Waals surface area contributed by atoms with Gasteiger partial charge in [0.05, 0.1) is 56.7 Å². The zero-order chi connectivity index (χ0) is 74.2. The van der Waals surface area contributed by atoms with Crippen LogP contribution in [0.4, 0.5) is 4.79 Å². The first-order chi connectivity index (χ1) is 49.4. The minimum Gasteiger partial charge on any atom is -0.444 e. The molecule has 12 rings (SSSR count). The van der Waals surface area contributed by atoms with Gasteiger partial charge >= 0.3 is 12.1 Å². The van der Waals surface area contributed by atoms with Crippen LogP contribution in [0.25, 0.3) is 0 Å². The van der Waals surface area contributed by atoms with Gasteiger partial charge in [0.25, 0.3) is 0 Å². The molecular formula is C86H124N2O16. The van der Waals surface area contributed by atoms with Crippen LogP contribution >= 0.6 is 0 Å². The van der Waals surface area contributed by atoms with Gasteiger partial charge in [-0.3, -0.25) is 9.59 Å². The molecule has 0 radical (unpaired) electrons. The number of nitrogens with one attached hydrogen (secondary N) is 2. The topological polar surface area (TPSA) is 203 Å². The number of fused-ring (bicyclic) bond motifs is 8. The van der Waals surface area contributed by atoms with Gasteiger partial charge in [-0.05, 0) is 186 Å². The van der Waals surface area contributed by atoms with E-state index in [-0.39, 0.29) is 77.0 Å². The molecule has 0 aromatic heterocycles. The summed E-state index contributed by atoms with van der Waals surface area (Å²) in [6.07, 6.45) is 6.54. The predicted molar refractivity (Wildman–Crippen MR) is 395 cm³/mol. The second kappa shape index (κ2) is 31.8. The molecule has 2 N–H and O–H groups in total. The first-order valence-corrected chi connectivity index (χ1v) is 39.5. The van der Waals surface area contributed by atoms with Gasteiger partial charge < -0.3 is 72.3 Å². The van der Waals surface area contributed by atoms with Crippen LogP contribution < -0.4 is 10.6 Å². The third kappa shape index (κ3) is 16.4. The number of amides is 2. The van der Waals surface area contributed by atoms with E-state index >= 15 is 4.79 Å². The van der Waals surface area contributed by atoms with Gasteiger partial charge in [0.1, 0.15) is 48.5 Å². The predicted octanol–water partition coefficient (Wildman–Crippen LogP) is 15.9. The molecule has 3 aromatic rings. The summed E-state index contributed by atoms with van der Waals surface area (Å²) in [4.78, 5) is 56.0. The van der Waals surface area contributed by atoms with Gasteiger partial charge in [0.2, 0.25) is 12.2 Å². The Kier molecular flexibility index (Phi) is 24.0. The fourth-order valence-corrected chi connectivity index (χ4v) is 20.9. The number of ether oxygens (including phenoxy) is 12. The van der Waals surface area contributed by atoms with E-state index in [9.17, 15) is 14.4 Å². The average Bonchev–Trinajstić information content (AvgIpc) is 0.718. The Morgan fingerprint density at radius 3 is 1.97 bits per heavy atom. The summed E-state index contributed by atoms with van der Waals surface area (Å²) in [6, 6.07) is 29.4. The Morgan fingerprint density at radius 1 is 0.654 bits per heavy atom. The number of rotatable bonds is 25. The molecule has 4 heterocycles. The molecule has 13 unspecified atom stereocenters. The molecule has 9 aliphatic rings. The first-order valence-electron chi connectivity index (χ1n) is 39.5. The second-order valence-electron chi connectivity index (χ2n) is 36.0. The highest BCUT2D eigenvalue weighted by atomic mass is 16.8. The summed E-state index contributed by atoms with van der Waals surface area (Å²) in [7, 11) is 0. The molecule has 5 aliphatic carbocycles. The van der Waals surface area contributed by atoms with Gasteiger partial charge in [0, 0.05) is 31.2 Å². The van der Waals surface area contributed by atoms with E-state index in [1.807, 2.05) is 127 Å². The summed E-state index contributed by atoms with van der Waals surface area (Å²) in [6.45, 7) is 34.2. The van der Waals surface area contributed by atoms with E-state index in [4.69, 9.17) is 56.8 Å². The molecule has 4 saturated carbocycles. The number of carbonyl (C=O) groups excluding carboxylic acids is 4. The molecule has 104 heavy (non-hydrogen) atoms. The lowest BCUT2D eigenvalue weighted by atomic mass is 9.33. The molecule has 18 heteroatoms. The SMILES string of the molecule is CC1C(O[C@@H]2O[C@H](C)C(O[C@@H]3OCC(OCc4ccccc4)C(OCc4ccccc4)C3C)C3OC(C)(C)OC32)[C@H](OC(=O)C23CCC(C)(C)CC2C2=CCC4C5(C)CC[C@H](C)[C@](C)(CC=O)[C@@H]5CC[C@]4(C)[C@]2(C)CC3)O[C@@H](COCc2ccccc2)C1NC(=O)CCCCCNC(=O)OC(C)(C)C. The number of allylic oxidation sites excluding steroid dienone is 2. The first kappa shape index (κ1) is 78.5. The Labute approximate surface area is 620 Å². The van der Waals surface area contributed by atoms with Crippen molar-refractivity contribution in [3.05, 3.63) is 119 Å². The molecule has 4 saturated heterocycles. The van der Waals surface area contributed by atoms with E-state index in [1.54, 1.807) is 0 Å². The highest BCUT2D eigenvalue weighted by Crippen LogP contribution is 2.76. The second-order valence-corrected chi connectivity index (χ2v) is 36.0. The standard InChI is InChI=1S/C86H124N2O16/c1-54-37-39-83(13)65(82(54,12)45-47-89)38-40-85(15)66(83)36-35-61-62-48-80(8,9)41-43-86(62,44-42-84(61,85)14)77(91)101-75-70(55(2)68(63(98-75)52-93-49-58-28-20-16-21-29-58)88-67(90)34-26-19-27-46-87-78(92)104-79(5,6)7)99-76-73-72(102-81(10,11)103-73)71(57(4)97-76)100-74-56(3)69(95-51-60-32-24-18-25-33-60)64(53-96-74)94-50-59-30-22-17-23-31-59/h16-18,20-25,28-33,35,47,54-57,62-66,68-76H,19,26-27,34,36-46,48-53H2,1-15H3,(H,87,92)(H,88,90)/t54-,55?,56?,57+,62?,63-,64?,65-,66?,68?,69?,70?,71?,72?,73?,74-,75-,76-,82-,83?,84+,85-,86?/m0/s1. The van der Waals surface area contributed by atoms with E-state index < -0.39 is 103 Å². The lowest BCUT2D eigenvalue weighted by molar-refractivity contribution is -0.354. The summed E-state index contributed by atoms with van der Waals surface area (Å²) in [5, 5.41) is 6.23. The van der Waals surface area contributed by atoms with Gasteiger partial charge in [-0.25, -0.2) is 4.79 Å². The largest absolute Gasteiger partial charge is 0.444 e. The van der Waals surface area contributed by atoms with Crippen molar-refractivity contribution in [1.82, 2.24) is 10.6 Å². The fourth-order valence-electron chi connectivity index (χ4n) is 20.9. The van der Waals surface area contributed by atoms with E-state index in [0.717, 1.165) is 68.1 Å². The Hall–Kier alpha value is -5.12. The number of benzene rings is 3. The summed E-state index contributed by atoms with van der Waals surface area (Å²) < 4.78 is 82.1. The smallest absolute Gasteiger partial charge is 0.407 e. The summed E-state index contributed by atoms with van der Waals surface area (Å²) >= 11 is 0. The molecule has 3 aromatic carbocycles. The van der Waals surface area contributed by atoms with Gasteiger partial charge in [-0.15, -0.1) is 0 Å². The molecule has 574 valence electrons. The monoisotopic (exact) mass is 1440 g/mol. The fraction of sp³-hybridized carbons (Fsp3) is 0.721. The van der Waals surface area contributed by atoms with Crippen molar-refractivity contribution in [1.29, 1.82) is 0 Å². The average molecular weight is 1440 g/mol. The Bertz CT molecular complexity index is 3420. The van der Waals surface area contributed by atoms with Crippen molar-refractivity contribution in [3.8, 4) is 0 Å². The van der Waals surface area contributed by atoms with Crippen LogP contribution in [-0.4, -0.2) is 129 Å². The number of hydrogen-bond acceptors (Lipinski definition) is 16. The summed E-state index contributed by atoms with van der Waals surface area (Å²) in [5.41, 5.74) is 2.76. The number of carbonyl (C=O) groups is 4. The number of unbranched alkanes of at least 4 members (excludes halogenated alkanes) is 2. The van der Waals surface area contributed by atoms with E-state index in [2.05, 4.69) is 84.2 Å². The maximum Gasteiger partial charge on any atom is 0.407 e. The van der Waals surface area contributed by atoms with Crippen LogP contribution in [0.3, 0.4) is 0 Å². The Morgan fingerprint density at radius 2 is 1.30 bits per heavy atom. The van der Waals surface area contributed by atoms with Crippen molar-refractivity contribution in [2.24, 2.45) is 68.0 Å². The molecule has 4 aliphatic heterocycles. The Balaban J connectivity index is 0.836. The quantitative estimate of drug-likeness (QED) is 0.0350. The number of hydrogen-bond donors (Lipinski definition) is 2. The number of aldehydes is 1. The van der Waals surface area contributed by atoms with Crippen LogP contribution in [-0.2, 0) is 91.0 Å². The van der Waals surface area contributed by atoms with Crippen molar-refractivity contribution in [2.75, 3.05) is 19.8 Å². The molecule has 0 spiro atoms.